The molecule has 0 radical (unpaired) electrons. The Bertz CT molecular complexity index is 117. The van der Waals surface area contributed by atoms with Gasteiger partial charge in [0, 0.05) is 0 Å². The zero-order valence-electron chi connectivity index (χ0n) is 5.78. The van der Waals surface area contributed by atoms with E-state index in [1.807, 2.05) is 0 Å². The van der Waals surface area contributed by atoms with E-state index in [4.69, 9.17) is 0 Å². The van der Waals surface area contributed by atoms with Crippen LogP contribution in [-0.4, -0.2) is 0 Å². The zero-order valence-corrected chi connectivity index (χ0v) is 5.78. The van der Waals surface area contributed by atoms with Gasteiger partial charge in [-0.3, -0.25) is 0 Å². The van der Waals surface area contributed by atoms with Crippen LogP contribution in [-0.2, 0) is 0 Å². The van der Waals surface area contributed by atoms with Gasteiger partial charge in [-0.2, -0.15) is 0 Å². The number of hydrogen-bond acceptors (Lipinski definition) is 0. The van der Waals surface area contributed by atoms with Gasteiger partial charge in [-0.25, -0.2) is 0 Å². The SMILES string of the molecule is CC1C2CCC[C@]12C. The van der Waals surface area contributed by atoms with Crippen LogP contribution in [0.2, 0.25) is 0 Å². The molecule has 46 valence electrons. The number of fused-ring (bicyclic) bond motifs is 1. The summed E-state index contributed by atoms with van der Waals surface area (Å²) in [5.74, 6) is 2.19. The highest BCUT2D eigenvalue weighted by molar-refractivity contribution is 5.08. The molecule has 2 rings (SSSR count). The summed E-state index contributed by atoms with van der Waals surface area (Å²) in [7, 11) is 0. The Morgan fingerprint density at radius 2 is 2.25 bits per heavy atom. The van der Waals surface area contributed by atoms with Crippen molar-refractivity contribution in [3.05, 3.63) is 0 Å². The molecule has 0 heteroatoms. The van der Waals surface area contributed by atoms with E-state index in [-0.39, 0.29) is 0 Å². The largest absolute Gasteiger partial charge is 0.0617 e. The van der Waals surface area contributed by atoms with Crippen molar-refractivity contribution in [3.63, 3.8) is 0 Å². The van der Waals surface area contributed by atoms with Crippen LogP contribution in [0.4, 0.5) is 0 Å². The fraction of sp³-hybridized carbons (Fsp3) is 1.00. The van der Waals surface area contributed by atoms with Crippen molar-refractivity contribution in [3.8, 4) is 0 Å². The molecule has 0 aromatic rings. The highest BCUT2D eigenvalue weighted by atomic mass is 14.6. The molecule has 2 saturated carbocycles. The summed E-state index contributed by atoms with van der Waals surface area (Å²) in [6.07, 6.45) is 4.54. The first-order valence-corrected chi connectivity index (χ1v) is 3.75. The van der Waals surface area contributed by atoms with Crippen LogP contribution in [0.5, 0.6) is 0 Å². The molecule has 0 amide bonds. The Labute approximate surface area is 51.3 Å². The fourth-order valence-electron chi connectivity index (χ4n) is 2.61. The molecule has 0 nitrogen and oxygen atoms in total. The minimum Gasteiger partial charge on any atom is -0.0617 e. The van der Waals surface area contributed by atoms with Gasteiger partial charge in [0.1, 0.15) is 0 Å². The molecule has 0 N–H and O–H groups in total. The standard InChI is InChI=1S/C8H14/c1-6-7-4-3-5-8(6,7)2/h6-7H,3-5H2,1-2H3/t6?,7?,8-/m1/s1. The van der Waals surface area contributed by atoms with E-state index in [9.17, 15) is 0 Å². The van der Waals surface area contributed by atoms with E-state index >= 15 is 0 Å². The Kier molecular flexibility index (Phi) is 0.678. The zero-order chi connectivity index (χ0) is 5.78. The Morgan fingerprint density at radius 3 is 2.50 bits per heavy atom. The molecule has 2 unspecified atom stereocenters. The van der Waals surface area contributed by atoms with Crippen LogP contribution >= 0.6 is 0 Å². The van der Waals surface area contributed by atoms with Crippen LogP contribution in [0.25, 0.3) is 0 Å². The molecule has 0 aromatic carbocycles. The van der Waals surface area contributed by atoms with E-state index in [0.29, 0.717) is 0 Å². The highest BCUT2D eigenvalue weighted by Crippen LogP contribution is 2.67. The van der Waals surface area contributed by atoms with Crippen molar-refractivity contribution in [1.82, 2.24) is 0 Å². The fourth-order valence-corrected chi connectivity index (χ4v) is 2.61. The van der Waals surface area contributed by atoms with Gasteiger partial charge in [-0.15, -0.1) is 0 Å². The molecular formula is C8H14. The molecule has 0 heterocycles. The summed E-state index contributed by atoms with van der Waals surface area (Å²) in [5, 5.41) is 0. The normalized spacial score (nSPS) is 60.8. The molecule has 0 saturated heterocycles. The van der Waals surface area contributed by atoms with Gasteiger partial charge in [0.15, 0.2) is 0 Å². The molecule has 3 atom stereocenters. The Morgan fingerprint density at radius 1 is 1.50 bits per heavy atom. The number of hydrogen-bond donors (Lipinski definition) is 0. The number of rotatable bonds is 0. The van der Waals surface area contributed by atoms with E-state index in [1.54, 1.807) is 0 Å². The summed E-state index contributed by atoms with van der Waals surface area (Å²) >= 11 is 0. The Balaban J connectivity index is 2.18. The first-order chi connectivity index (χ1) is 3.75. The molecule has 0 aliphatic heterocycles. The van der Waals surface area contributed by atoms with Crippen LogP contribution in [0.3, 0.4) is 0 Å². The minimum atomic E-state index is 0.819. The average Bonchev–Trinajstić information content (AvgIpc) is 2.23. The predicted molar refractivity (Wildman–Crippen MR) is 34.6 cm³/mol. The van der Waals surface area contributed by atoms with Crippen LogP contribution in [0.1, 0.15) is 33.1 Å². The molecule has 0 aromatic heterocycles. The van der Waals surface area contributed by atoms with Gasteiger partial charge in [0.05, 0.1) is 0 Å². The summed E-state index contributed by atoms with van der Waals surface area (Å²) in [6, 6.07) is 0. The summed E-state index contributed by atoms with van der Waals surface area (Å²) in [4.78, 5) is 0. The third-order valence-corrected chi connectivity index (χ3v) is 3.61. The van der Waals surface area contributed by atoms with Crippen molar-refractivity contribution in [2.45, 2.75) is 33.1 Å². The van der Waals surface area contributed by atoms with Gasteiger partial charge in [0.25, 0.3) is 0 Å². The Hall–Kier alpha value is 0. The maximum atomic E-state index is 2.45. The molecule has 2 aliphatic carbocycles. The van der Waals surface area contributed by atoms with Gasteiger partial charge in [0.2, 0.25) is 0 Å². The lowest BCUT2D eigenvalue weighted by Gasteiger charge is -2.01. The first kappa shape index (κ1) is 4.84. The van der Waals surface area contributed by atoms with E-state index in [0.717, 1.165) is 17.3 Å². The second kappa shape index (κ2) is 1.12. The van der Waals surface area contributed by atoms with Crippen LogP contribution in [0.15, 0.2) is 0 Å². The third kappa shape index (κ3) is 0.340. The van der Waals surface area contributed by atoms with Crippen LogP contribution < -0.4 is 0 Å². The van der Waals surface area contributed by atoms with Crippen molar-refractivity contribution in [2.75, 3.05) is 0 Å². The van der Waals surface area contributed by atoms with Crippen molar-refractivity contribution >= 4 is 0 Å². The average molecular weight is 110 g/mol. The smallest absolute Gasteiger partial charge is 0.0266 e. The van der Waals surface area contributed by atoms with Gasteiger partial charge < -0.3 is 0 Å². The van der Waals surface area contributed by atoms with E-state index in [1.165, 1.54) is 19.3 Å². The van der Waals surface area contributed by atoms with Crippen molar-refractivity contribution in [2.24, 2.45) is 17.3 Å². The second-order valence-electron chi connectivity index (χ2n) is 3.79. The molecule has 0 bridgehead atoms. The molecular weight excluding hydrogens is 96.1 g/mol. The topological polar surface area (TPSA) is 0 Å². The second-order valence-corrected chi connectivity index (χ2v) is 3.79. The monoisotopic (exact) mass is 110 g/mol. The van der Waals surface area contributed by atoms with E-state index < -0.39 is 0 Å². The highest BCUT2D eigenvalue weighted by Gasteiger charge is 2.59. The third-order valence-electron chi connectivity index (χ3n) is 3.61. The summed E-state index contributed by atoms with van der Waals surface area (Å²) in [6.45, 7) is 4.86. The summed E-state index contributed by atoms with van der Waals surface area (Å²) < 4.78 is 0. The van der Waals surface area contributed by atoms with Gasteiger partial charge in [-0.1, -0.05) is 20.3 Å². The van der Waals surface area contributed by atoms with Crippen molar-refractivity contribution < 1.29 is 0 Å². The maximum absolute atomic E-state index is 2.45. The van der Waals surface area contributed by atoms with E-state index in [2.05, 4.69) is 13.8 Å². The lowest BCUT2D eigenvalue weighted by atomic mass is 10.0. The predicted octanol–water partition coefficient (Wildman–Crippen LogP) is 2.44. The summed E-state index contributed by atoms with van der Waals surface area (Å²) in [5.41, 5.74) is 0.819. The maximum Gasteiger partial charge on any atom is -0.0266 e. The lowest BCUT2D eigenvalue weighted by molar-refractivity contribution is 0.494. The quantitative estimate of drug-likeness (QED) is 0.449. The molecule has 0 spiro atoms. The molecule has 2 fully saturated rings. The van der Waals surface area contributed by atoms with Crippen molar-refractivity contribution in [1.29, 1.82) is 0 Å². The van der Waals surface area contributed by atoms with Gasteiger partial charge >= 0.3 is 0 Å². The molecule has 8 heavy (non-hydrogen) atoms. The molecule has 2 aliphatic rings. The minimum absolute atomic E-state index is 0.819. The lowest BCUT2D eigenvalue weighted by Crippen LogP contribution is -1.91. The first-order valence-electron chi connectivity index (χ1n) is 3.75. The van der Waals surface area contributed by atoms with Gasteiger partial charge in [-0.05, 0) is 30.1 Å². The van der Waals surface area contributed by atoms with Crippen LogP contribution in [0, 0.1) is 17.3 Å².